The van der Waals surface area contributed by atoms with Crippen LogP contribution in [-0.4, -0.2) is 12.4 Å². The number of ether oxygens (including phenoxy) is 1. The van der Waals surface area contributed by atoms with E-state index in [1.165, 1.54) is 63.4 Å². The molecule has 0 aromatic heterocycles. The molecule has 2 nitrogen and oxygen atoms in total. The van der Waals surface area contributed by atoms with Crippen molar-refractivity contribution < 1.29 is 9.53 Å². The number of halogens is 1. The molecule has 2 fully saturated rings. The van der Waals surface area contributed by atoms with Gasteiger partial charge in [0.05, 0.1) is 6.61 Å². The number of ketones is 1. The molecule has 25 heavy (non-hydrogen) atoms. The summed E-state index contributed by atoms with van der Waals surface area (Å²) in [6, 6.07) is 8.36. The van der Waals surface area contributed by atoms with E-state index in [9.17, 15) is 4.79 Å². The van der Waals surface area contributed by atoms with E-state index in [-0.39, 0.29) is 9.71 Å². The monoisotopic (exact) mass is 454 g/mol. The van der Waals surface area contributed by atoms with E-state index in [0.29, 0.717) is 11.8 Å². The second kappa shape index (κ2) is 8.88. The van der Waals surface area contributed by atoms with Gasteiger partial charge in [-0.1, -0.05) is 60.4 Å². The summed E-state index contributed by atoms with van der Waals surface area (Å²) in [5, 5.41) is 0. The van der Waals surface area contributed by atoms with Gasteiger partial charge in [0, 0.05) is 10.3 Å². The molecule has 138 valence electrons. The lowest BCUT2D eigenvalue weighted by molar-refractivity contribution is -0.116. The summed E-state index contributed by atoms with van der Waals surface area (Å²) in [5.74, 6) is 1.94. The molecule has 1 aromatic rings. The lowest BCUT2D eigenvalue weighted by Crippen LogP contribution is -2.33. The van der Waals surface area contributed by atoms with Gasteiger partial charge in [0.25, 0.3) is 0 Å². The van der Waals surface area contributed by atoms with Crippen molar-refractivity contribution in [2.75, 3.05) is 6.61 Å². The van der Waals surface area contributed by atoms with Gasteiger partial charge < -0.3 is 4.74 Å². The molecule has 0 amide bonds. The van der Waals surface area contributed by atoms with Crippen molar-refractivity contribution in [1.82, 2.24) is 0 Å². The van der Waals surface area contributed by atoms with Crippen LogP contribution in [0.25, 0.3) is 0 Å². The maximum absolute atomic E-state index is 11.3. The van der Waals surface area contributed by atoms with Crippen LogP contribution in [0.1, 0.15) is 80.6 Å². The van der Waals surface area contributed by atoms with Crippen molar-refractivity contribution in [2.45, 2.75) is 75.1 Å². The number of hydrogen-bond acceptors (Lipinski definition) is 2. The smallest absolute Gasteiger partial charge is 0.131 e. The predicted molar refractivity (Wildman–Crippen MR) is 111 cm³/mol. The van der Waals surface area contributed by atoms with E-state index in [1.54, 1.807) is 6.92 Å². The molecule has 2 unspecified atom stereocenters. The number of alkyl halides is 1. The van der Waals surface area contributed by atoms with E-state index in [0.717, 1.165) is 18.3 Å². The molecular weight excluding hydrogens is 423 g/mol. The summed E-state index contributed by atoms with van der Waals surface area (Å²) < 4.78 is 6.38. The summed E-state index contributed by atoms with van der Waals surface area (Å²) in [6.45, 7) is 2.52. The zero-order chi connectivity index (χ0) is 17.7. The highest BCUT2D eigenvalue weighted by Gasteiger charge is 2.37. The first kappa shape index (κ1) is 19.2. The fraction of sp³-hybridized carbons (Fsp3) is 0.682. The Bertz CT molecular complexity index is 554. The molecule has 3 heteroatoms. The minimum absolute atomic E-state index is 0.244. The van der Waals surface area contributed by atoms with Crippen LogP contribution in [0, 0.1) is 11.3 Å². The first-order chi connectivity index (χ1) is 12.1. The second-order valence-corrected chi connectivity index (χ2v) is 9.78. The topological polar surface area (TPSA) is 26.3 Å². The van der Waals surface area contributed by atoms with Crippen molar-refractivity contribution in [1.29, 1.82) is 0 Å². The highest BCUT2D eigenvalue weighted by atomic mass is 127. The molecule has 0 radical (unpaired) electrons. The van der Waals surface area contributed by atoms with Crippen molar-refractivity contribution in [3.05, 3.63) is 29.8 Å². The minimum atomic E-state index is 0.244. The Morgan fingerprint density at radius 3 is 2.52 bits per heavy atom. The third-order valence-electron chi connectivity index (χ3n) is 6.15. The van der Waals surface area contributed by atoms with E-state index in [1.807, 2.05) is 0 Å². The first-order valence-electron chi connectivity index (χ1n) is 9.93. The van der Waals surface area contributed by atoms with Gasteiger partial charge in [0.15, 0.2) is 0 Å². The van der Waals surface area contributed by atoms with E-state index in [4.69, 9.17) is 4.74 Å². The van der Waals surface area contributed by atoms with Crippen LogP contribution in [-0.2, 0) is 4.79 Å². The molecule has 1 aromatic carbocycles. The molecule has 2 aliphatic carbocycles. The van der Waals surface area contributed by atoms with Crippen LogP contribution in [0.5, 0.6) is 5.75 Å². The molecule has 2 atom stereocenters. The number of benzene rings is 1. The maximum Gasteiger partial charge on any atom is 0.131 e. The largest absolute Gasteiger partial charge is 0.493 e. The molecule has 2 saturated carbocycles. The van der Waals surface area contributed by atoms with Crippen molar-refractivity contribution in [3.8, 4) is 5.75 Å². The number of rotatable bonds is 6. The fourth-order valence-electron chi connectivity index (χ4n) is 4.84. The van der Waals surface area contributed by atoms with Gasteiger partial charge in [0.1, 0.15) is 11.5 Å². The first-order valence-corrected chi connectivity index (χ1v) is 11.2. The molecule has 2 aliphatic rings. The molecule has 3 rings (SSSR count). The lowest BCUT2D eigenvalue weighted by Gasteiger charge is -2.43. The Hall–Kier alpha value is -0.580. The summed E-state index contributed by atoms with van der Waals surface area (Å²) in [5.41, 5.74) is 1.86. The van der Waals surface area contributed by atoms with Crippen LogP contribution in [0.3, 0.4) is 0 Å². The molecule has 0 aliphatic heterocycles. The van der Waals surface area contributed by atoms with Crippen molar-refractivity contribution in [2.24, 2.45) is 11.3 Å². The van der Waals surface area contributed by atoms with Gasteiger partial charge in [0.2, 0.25) is 0 Å². The van der Waals surface area contributed by atoms with Crippen LogP contribution >= 0.6 is 22.6 Å². The fourth-order valence-corrected chi connectivity index (χ4v) is 5.87. The van der Waals surface area contributed by atoms with Crippen LogP contribution < -0.4 is 4.74 Å². The molecule has 0 bridgehead atoms. The number of Topliss-reactive ketones (excluding diaryl/α,β-unsaturated/α-hetero) is 1. The Balaban J connectivity index is 1.50. The van der Waals surface area contributed by atoms with Crippen LogP contribution in [0.15, 0.2) is 24.3 Å². The zero-order valence-corrected chi connectivity index (χ0v) is 17.6. The van der Waals surface area contributed by atoms with Gasteiger partial charge in [-0.2, -0.15) is 0 Å². The van der Waals surface area contributed by atoms with E-state index < -0.39 is 0 Å². The van der Waals surface area contributed by atoms with Crippen molar-refractivity contribution in [3.63, 3.8) is 0 Å². The number of carbonyl (C=O) groups excluding carboxylic acids is 1. The summed E-state index contributed by atoms with van der Waals surface area (Å²) in [7, 11) is 0. The Kier molecular flexibility index (Phi) is 6.81. The molecule has 0 heterocycles. The van der Waals surface area contributed by atoms with Crippen LogP contribution in [0.2, 0.25) is 0 Å². The molecule has 0 saturated heterocycles. The Morgan fingerprint density at radius 1 is 1.16 bits per heavy atom. The van der Waals surface area contributed by atoms with Gasteiger partial charge in [-0.25, -0.2) is 0 Å². The summed E-state index contributed by atoms with van der Waals surface area (Å²) >= 11 is 2.35. The minimum Gasteiger partial charge on any atom is -0.493 e. The average molecular weight is 454 g/mol. The van der Waals surface area contributed by atoms with Gasteiger partial charge >= 0.3 is 0 Å². The standard InChI is InChI=1S/C22H31IO2/c1-17(24)14-21(23)19-7-9-20(10-8-19)25-16-18-6-5-13-22(15-18)11-3-2-4-12-22/h7-10,18,21H,2-6,11-16H2,1H3. The molecule has 0 N–H and O–H groups in total. The SMILES string of the molecule is CC(=O)CC(I)c1ccc(OCC2CCCC3(CCCCC3)C2)cc1. The second-order valence-electron chi connectivity index (χ2n) is 8.28. The predicted octanol–water partition coefficient (Wildman–Crippen LogP) is 6.66. The van der Waals surface area contributed by atoms with Crippen molar-refractivity contribution >= 4 is 28.4 Å². The third-order valence-corrected chi connectivity index (χ3v) is 7.31. The highest BCUT2D eigenvalue weighted by Crippen LogP contribution is 2.49. The number of carbonyl (C=O) groups is 1. The zero-order valence-electron chi connectivity index (χ0n) is 15.4. The normalized spacial score (nSPS) is 24.0. The summed E-state index contributed by atoms with van der Waals surface area (Å²) in [4.78, 5) is 11.3. The van der Waals surface area contributed by atoms with Gasteiger partial charge in [-0.15, -0.1) is 0 Å². The van der Waals surface area contributed by atoms with Crippen LogP contribution in [0.4, 0.5) is 0 Å². The Labute approximate surface area is 166 Å². The summed E-state index contributed by atoms with van der Waals surface area (Å²) in [6.07, 6.45) is 13.4. The third kappa shape index (κ3) is 5.45. The lowest BCUT2D eigenvalue weighted by atomic mass is 9.63. The Morgan fingerprint density at radius 2 is 1.84 bits per heavy atom. The van der Waals surface area contributed by atoms with Gasteiger partial charge in [-0.05, 0) is 68.1 Å². The van der Waals surface area contributed by atoms with E-state index in [2.05, 4.69) is 46.9 Å². The maximum atomic E-state index is 11.3. The van der Waals surface area contributed by atoms with Gasteiger partial charge in [-0.3, -0.25) is 4.79 Å². The highest BCUT2D eigenvalue weighted by molar-refractivity contribution is 14.1. The number of hydrogen-bond donors (Lipinski definition) is 0. The average Bonchev–Trinajstić information content (AvgIpc) is 2.61. The molecular formula is C22H31IO2. The van der Waals surface area contributed by atoms with E-state index >= 15 is 0 Å². The molecule has 1 spiro atoms. The quantitative estimate of drug-likeness (QED) is 0.355.